The Kier molecular flexibility index (Phi) is 7.24. The van der Waals surface area contributed by atoms with E-state index in [1.807, 2.05) is 0 Å². The zero-order chi connectivity index (χ0) is 22.4. The number of carbonyl (C=O) groups is 1. The number of aromatic nitrogens is 1. The van der Waals surface area contributed by atoms with Crippen molar-refractivity contribution < 1.29 is 27.1 Å². The van der Waals surface area contributed by atoms with Gasteiger partial charge in [-0.15, -0.1) is 11.3 Å². The number of para-hydroxylation sites is 2. The third-order valence-electron chi connectivity index (χ3n) is 4.40. The van der Waals surface area contributed by atoms with Gasteiger partial charge in [-0.3, -0.25) is 4.79 Å². The molecule has 0 aliphatic rings. The van der Waals surface area contributed by atoms with Crippen LogP contribution in [0.15, 0.2) is 53.9 Å². The molecule has 164 valence electrons. The van der Waals surface area contributed by atoms with E-state index in [0.29, 0.717) is 27.9 Å². The molecule has 0 aliphatic heterocycles. The van der Waals surface area contributed by atoms with E-state index in [4.69, 9.17) is 9.47 Å². The van der Waals surface area contributed by atoms with Crippen molar-refractivity contribution >= 4 is 32.8 Å². The van der Waals surface area contributed by atoms with Crippen LogP contribution in [-0.4, -0.2) is 31.7 Å². The molecule has 3 rings (SSSR count). The van der Waals surface area contributed by atoms with Crippen molar-refractivity contribution in [3.63, 3.8) is 0 Å². The van der Waals surface area contributed by atoms with Crippen LogP contribution in [0.2, 0.25) is 0 Å². The second-order valence-corrected chi connectivity index (χ2v) is 9.88. The number of rotatable bonds is 9. The van der Waals surface area contributed by atoms with E-state index in [1.165, 1.54) is 49.6 Å². The van der Waals surface area contributed by atoms with Crippen molar-refractivity contribution in [1.29, 1.82) is 0 Å². The zero-order valence-electron chi connectivity index (χ0n) is 16.9. The standard InChI is InChI=1S/C21H21FN2O5S2/c1-14(21(25)24-18-5-3-4-6-19(18)28-2)31(26,27)13-16-12-30-20(23-16)11-29-17-9-7-15(22)8-10-17/h3-10,12,14H,11,13H2,1-2H3,(H,24,25). The highest BCUT2D eigenvalue weighted by atomic mass is 32.2. The SMILES string of the molecule is COc1ccccc1NC(=O)C(C)S(=O)(=O)Cc1csc(COc2ccc(F)cc2)n1. The topological polar surface area (TPSA) is 94.6 Å². The smallest absolute Gasteiger partial charge is 0.242 e. The lowest BCUT2D eigenvalue weighted by molar-refractivity contribution is -0.115. The monoisotopic (exact) mass is 464 g/mol. The molecule has 1 heterocycles. The molecule has 0 saturated heterocycles. The molecule has 1 unspecified atom stereocenters. The molecule has 0 aliphatic carbocycles. The highest BCUT2D eigenvalue weighted by Gasteiger charge is 2.29. The summed E-state index contributed by atoms with van der Waals surface area (Å²) in [5, 5.41) is 3.50. The highest BCUT2D eigenvalue weighted by Crippen LogP contribution is 2.24. The molecule has 0 spiro atoms. The third-order valence-corrected chi connectivity index (χ3v) is 7.26. The quantitative estimate of drug-likeness (QED) is 0.518. The Bertz CT molecular complexity index is 1150. The number of sulfone groups is 1. The molecule has 0 saturated carbocycles. The molecule has 0 radical (unpaired) electrons. The molecule has 1 aromatic heterocycles. The largest absolute Gasteiger partial charge is 0.495 e. The van der Waals surface area contributed by atoms with Gasteiger partial charge >= 0.3 is 0 Å². The van der Waals surface area contributed by atoms with Crippen LogP contribution < -0.4 is 14.8 Å². The number of hydrogen-bond donors (Lipinski definition) is 1. The number of anilines is 1. The van der Waals surface area contributed by atoms with Gasteiger partial charge < -0.3 is 14.8 Å². The molecule has 7 nitrogen and oxygen atoms in total. The van der Waals surface area contributed by atoms with Gasteiger partial charge in [0, 0.05) is 5.38 Å². The second-order valence-electron chi connectivity index (χ2n) is 6.61. The fraction of sp³-hybridized carbons (Fsp3) is 0.238. The number of thiazole rings is 1. The van der Waals surface area contributed by atoms with Crippen LogP contribution in [-0.2, 0) is 27.0 Å². The van der Waals surface area contributed by atoms with Crippen LogP contribution in [0, 0.1) is 5.82 Å². The zero-order valence-corrected chi connectivity index (χ0v) is 18.5. The number of ether oxygens (including phenoxy) is 2. The molecule has 0 bridgehead atoms. The first-order chi connectivity index (χ1) is 14.8. The fourth-order valence-electron chi connectivity index (χ4n) is 2.63. The number of nitrogens with zero attached hydrogens (tertiary/aromatic N) is 1. The summed E-state index contributed by atoms with van der Waals surface area (Å²) >= 11 is 1.25. The van der Waals surface area contributed by atoms with Gasteiger partial charge in [-0.2, -0.15) is 0 Å². The van der Waals surface area contributed by atoms with Gasteiger partial charge in [-0.1, -0.05) is 12.1 Å². The minimum absolute atomic E-state index is 0.125. The van der Waals surface area contributed by atoms with Crippen LogP contribution in [0.1, 0.15) is 17.6 Å². The first kappa shape index (κ1) is 22.7. The predicted octanol–water partition coefficient (Wildman–Crippen LogP) is 3.81. The lowest BCUT2D eigenvalue weighted by atomic mass is 10.3. The van der Waals surface area contributed by atoms with Crippen molar-refractivity contribution in [3.05, 3.63) is 70.4 Å². The number of amides is 1. The summed E-state index contributed by atoms with van der Waals surface area (Å²) in [5.74, 6) is -0.476. The molecule has 1 amide bonds. The van der Waals surface area contributed by atoms with Crippen LogP contribution in [0.4, 0.5) is 10.1 Å². The molecule has 1 N–H and O–H groups in total. The number of carbonyl (C=O) groups excluding carboxylic acids is 1. The average Bonchev–Trinajstić information content (AvgIpc) is 3.19. The number of hydrogen-bond acceptors (Lipinski definition) is 7. The molecule has 3 aromatic rings. The normalized spacial score (nSPS) is 12.2. The van der Waals surface area contributed by atoms with E-state index >= 15 is 0 Å². The maximum atomic E-state index is 12.9. The van der Waals surface area contributed by atoms with E-state index in [1.54, 1.807) is 29.6 Å². The number of benzene rings is 2. The molecule has 2 aromatic carbocycles. The highest BCUT2D eigenvalue weighted by molar-refractivity contribution is 7.92. The molecule has 1 atom stereocenters. The van der Waals surface area contributed by atoms with E-state index < -0.39 is 21.0 Å². The predicted molar refractivity (Wildman–Crippen MR) is 117 cm³/mol. The first-order valence-corrected chi connectivity index (χ1v) is 11.8. The molecular formula is C21H21FN2O5S2. The summed E-state index contributed by atoms with van der Waals surface area (Å²) in [5.41, 5.74) is 0.727. The van der Waals surface area contributed by atoms with E-state index in [0.717, 1.165) is 0 Å². The number of halogens is 1. The summed E-state index contributed by atoms with van der Waals surface area (Å²) < 4.78 is 49.0. The maximum absolute atomic E-state index is 12.9. The van der Waals surface area contributed by atoms with Crippen molar-refractivity contribution in [2.75, 3.05) is 12.4 Å². The first-order valence-electron chi connectivity index (χ1n) is 9.25. The van der Waals surface area contributed by atoms with Gasteiger partial charge in [0.25, 0.3) is 0 Å². The summed E-state index contributed by atoms with van der Waals surface area (Å²) in [6.07, 6.45) is 0. The van der Waals surface area contributed by atoms with Gasteiger partial charge in [0.15, 0.2) is 9.84 Å². The van der Waals surface area contributed by atoms with Gasteiger partial charge in [0.2, 0.25) is 5.91 Å². The molecule has 0 fully saturated rings. The lowest BCUT2D eigenvalue weighted by Crippen LogP contribution is -2.33. The Morgan fingerprint density at radius 1 is 1.19 bits per heavy atom. The van der Waals surface area contributed by atoms with E-state index in [2.05, 4.69) is 10.3 Å². The average molecular weight is 465 g/mol. The Hall–Kier alpha value is -2.98. The van der Waals surface area contributed by atoms with Gasteiger partial charge in [-0.05, 0) is 43.3 Å². The number of nitrogens with one attached hydrogen (secondary N) is 1. The van der Waals surface area contributed by atoms with Gasteiger partial charge in [0.1, 0.15) is 34.2 Å². The summed E-state index contributed by atoms with van der Waals surface area (Å²) in [6, 6.07) is 12.3. The van der Waals surface area contributed by atoms with E-state index in [9.17, 15) is 17.6 Å². The molecule has 10 heteroatoms. The number of methoxy groups -OCH3 is 1. The van der Waals surface area contributed by atoms with Crippen LogP contribution in [0.5, 0.6) is 11.5 Å². The van der Waals surface area contributed by atoms with Crippen LogP contribution in [0.3, 0.4) is 0 Å². The Balaban J connectivity index is 1.60. The fourth-order valence-corrected chi connectivity index (χ4v) is 4.64. The van der Waals surface area contributed by atoms with Crippen molar-refractivity contribution in [2.45, 2.75) is 24.5 Å². The molecular weight excluding hydrogens is 443 g/mol. The third kappa shape index (κ3) is 6.02. The van der Waals surface area contributed by atoms with Crippen molar-refractivity contribution in [3.8, 4) is 11.5 Å². The van der Waals surface area contributed by atoms with E-state index in [-0.39, 0.29) is 18.2 Å². The van der Waals surface area contributed by atoms with Crippen molar-refractivity contribution in [2.24, 2.45) is 0 Å². The summed E-state index contributed by atoms with van der Waals surface area (Å²) in [7, 11) is -2.34. The van der Waals surface area contributed by atoms with Crippen molar-refractivity contribution in [1.82, 2.24) is 4.98 Å². The summed E-state index contributed by atoms with van der Waals surface area (Å²) in [6.45, 7) is 1.46. The second kappa shape index (κ2) is 9.88. The van der Waals surface area contributed by atoms with Crippen LogP contribution >= 0.6 is 11.3 Å². The Labute approximate surface area is 183 Å². The van der Waals surface area contributed by atoms with Gasteiger partial charge in [0.05, 0.1) is 24.2 Å². The minimum atomic E-state index is -3.80. The Morgan fingerprint density at radius 3 is 2.61 bits per heavy atom. The minimum Gasteiger partial charge on any atom is -0.495 e. The maximum Gasteiger partial charge on any atom is 0.242 e. The summed E-state index contributed by atoms with van der Waals surface area (Å²) in [4.78, 5) is 16.8. The lowest BCUT2D eigenvalue weighted by Gasteiger charge is -2.14. The van der Waals surface area contributed by atoms with Crippen LogP contribution in [0.25, 0.3) is 0 Å². The Morgan fingerprint density at radius 2 is 1.90 bits per heavy atom. The molecule has 31 heavy (non-hydrogen) atoms. The van der Waals surface area contributed by atoms with Gasteiger partial charge in [-0.25, -0.2) is 17.8 Å².